The molecule has 2 heterocycles. The highest BCUT2D eigenvalue weighted by Gasteiger charge is 2.14. The summed E-state index contributed by atoms with van der Waals surface area (Å²) in [6.45, 7) is 1.73. The van der Waals surface area contributed by atoms with E-state index < -0.39 is 5.91 Å². The van der Waals surface area contributed by atoms with E-state index in [4.69, 9.17) is 23.2 Å². The standard InChI is InChI=1S/C8H5Cl2N5OS/c1-3-11-8(17-15-3)12-7(16)4-2-5(9)13-14-6(4)10/h2H,1H3,(H,11,12,15,16). The van der Waals surface area contributed by atoms with E-state index in [2.05, 4.69) is 24.9 Å². The van der Waals surface area contributed by atoms with Crippen LogP contribution in [0.2, 0.25) is 10.3 Å². The first-order chi connectivity index (χ1) is 8.06. The molecule has 2 aromatic rings. The zero-order chi connectivity index (χ0) is 12.4. The lowest BCUT2D eigenvalue weighted by atomic mass is 10.3. The van der Waals surface area contributed by atoms with Crippen molar-refractivity contribution in [1.82, 2.24) is 19.6 Å². The molecule has 88 valence electrons. The van der Waals surface area contributed by atoms with Crippen molar-refractivity contribution >= 4 is 45.8 Å². The Morgan fingerprint density at radius 1 is 1.41 bits per heavy atom. The number of rotatable bonds is 2. The number of hydrogen-bond donors (Lipinski definition) is 1. The Hall–Kier alpha value is -1.31. The van der Waals surface area contributed by atoms with Gasteiger partial charge in [-0.3, -0.25) is 10.1 Å². The minimum Gasteiger partial charge on any atom is -0.296 e. The van der Waals surface area contributed by atoms with Crippen LogP contribution in [0.25, 0.3) is 0 Å². The Balaban J connectivity index is 2.22. The fourth-order valence-corrected chi connectivity index (χ4v) is 1.92. The van der Waals surface area contributed by atoms with Crippen molar-refractivity contribution in [2.75, 3.05) is 5.32 Å². The van der Waals surface area contributed by atoms with E-state index >= 15 is 0 Å². The normalized spacial score (nSPS) is 10.3. The lowest BCUT2D eigenvalue weighted by molar-refractivity contribution is 0.102. The van der Waals surface area contributed by atoms with Crippen molar-refractivity contribution in [1.29, 1.82) is 0 Å². The molecule has 0 aliphatic carbocycles. The summed E-state index contributed by atoms with van der Waals surface area (Å²) >= 11 is 12.4. The van der Waals surface area contributed by atoms with Crippen LogP contribution in [-0.4, -0.2) is 25.5 Å². The molecule has 1 N–H and O–H groups in total. The van der Waals surface area contributed by atoms with Crippen molar-refractivity contribution in [2.24, 2.45) is 0 Å². The number of anilines is 1. The average Bonchev–Trinajstić information content (AvgIpc) is 2.67. The monoisotopic (exact) mass is 289 g/mol. The Kier molecular flexibility index (Phi) is 3.51. The van der Waals surface area contributed by atoms with Gasteiger partial charge in [-0.1, -0.05) is 23.2 Å². The minimum absolute atomic E-state index is 0.0202. The number of nitrogens with zero attached hydrogens (tertiary/aromatic N) is 4. The van der Waals surface area contributed by atoms with Gasteiger partial charge in [0.15, 0.2) is 10.3 Å². The second kappa shape index (κ2) is 4.91. The molecule has 1 amide bonds. The van der Waals surface area contributed by atoms with Crippen molar-refractivity contribution in [3.05, 3.63) is 27.8 Å². The predicted octanol–water partition coefficient (Wildman–Crippen LogP) is 2.20. The highest BCUT2D eigenvalue weighted by atomic mass is 35.5. The van der Waals surface area contributed by atoms with Gasteiger partial charge in [-0.2, -0.15) is 4.37 Å². The van der Waals surface area contributed by atoms with Crippen LogP contribution in [0.4, 0.5) is 5.13 Å². The van der Waals surface area contributed by atoms with Crippen LogP contribution in [-0.2, 0) is 0 Å². The second-order valence-electron chi connectivity index (χ2n) is 2.97. The van der Waals surface area contributed by atoms with Crippen LogP contribution in [0.5, 0.6) is 0 Å². The molecule has 0 atom stereocenters. The van der Waals surface area contributed by atoms with Crippen LogP contribution in [0, 0.1) is 6.92 Å². The van der Waals surface area contributed by atoms with Gasteiger partial charge < -0.3 is 0 Å². The number of halogens is 2. The molecule has 6 nitrogen and oxygen atoms in total. The SMILES string of the molecule is Cc1nsc(NC(=O)c2cc(Cl)nnc2Cl)n1. The van der Waals surface area contributed by atoms with E-state index in [1.54, 1.807) is 6.92 Å². The van der Waals surface area contributed by atoms with Gasteiger partial charge >= 0.3 is 0 Å². The molecule has 0 aromatic carbocycles. The maximum absolute atomic E-state index is 11.8. The summed E-state index contributed by atoms with van der Waals surface area (Å²) < 4.78 is 3.93. The number of nitrogens with one attached hydrogen (secondary N) is 1. The van der Waals surface area contributed by atoms with E-state index in [1.807, 2.05) is 0 Å². The summed E-state index contributed by atoms with van der Waals surface area (Å²) in [4.78, 5) is 15.8. The van der Waals surface area contributed by atoms with Gasteiger partial charge in [0.2, 0.25) is 5.13 Å². The molecular formula is C8H5Cl2N5OS. The van der Waals surface area contributed by atoms with E-state index in [9.17, 15) is 4.79 Å². The average molecular weight is 290 g/mol. The third kappa shape index (κ3) is 2.87. The molecule has 0 saturated heterocycles. The lowest BCUT2D eigenvalue weighted by Gasteiger charge is -2.02. The smallest absolute Gasteiger partial charge is 0.260 e. The minimum atomic E-state index is -0.456. The van der Waals surface area contributed by atoms with E-state index in [0.29, 0.717) is 11.0 Å². The Morgan fingerprint density at radius 3 is 2.82 bits per heavy atom. The molecule has 17 heavy (non-hydrogen) atoms. The molecule has 0 unspecified atom stereocenters. The third-order valence-corrected chi connectivity index (χ3v) is 2.90. The van der Waals surface area contributed by atoms with Crippen molar-refractivity contribution in [2.45, 2.75) is 6.92 Å². The molecule has 0 saturated carbocycles. The van der Waals surface area contributed by atoms with Crippen molar-refractivity contribution in [3.63, 3.8) is 0 Å². The third-order valence-electron chi connectivity index (χ3n) is 1.71. The van der Waals surface area contributed by atoms with E-state index in [-0.39, 0.29) is 15.9 Å². The molecule has 0 radical (unpaired) electrons. The first kappa shape index (κ1) is 12.2. The fraction of sp³-hybridized carbons (Fsp3) is 0.125. The number of carbonyl (C=O) groups excluding carboxylic acids is 1. The van der Waals surface area contributed by atoms with Crippen molar-refractivity contribution in [3.8, 4) is 0 Å². The molecule has 0 fully saturated rings. The second-order valence-corrected chi connectivity index (χ2v) is 4.47. The summed E-state index contributed by atoms with van der Waals surface area (Å²) in [7, 11) is 0. The van der Waals surface area contributed by atoms with Gasteiger partial charge in [-0.25, -0.2) is 4.98 Å². The number of amides is 1. The largest absolute Gasteiger partial charge is 0.296 e. The zero-order valence-electron chi connectivity index (χ0n) is 8.44. The van der Waals surface area contributed by atoms with Gasteiger partial charge in [0.05, 0.1) is 5.56 Å². The molecule has 0 aliphatic rings. The van der Waals surface area contributed by atoms with Gasteiger partial charge in [0.25, 0.3) is 5.91 Å². The number of aromatic nitrogens is 4. The van der Waals surface area contributed by atoms with Gasteiger partial charge in [0, 0.05) is 11.5 Å². The summed E-state index contributed by atoms with van der Waals surface area (Å²) in [6, 6.07) is 1.33. The van der Waals surface area contributed by atoms with Gasteiger partial charge in [-0.05, 0) is 13.0 Å². The Labute approximate surface area is 110 Å². The molecule has 2 aromatic heterocycles. The quantitative estimate of drug-likeness (QED) is 0.917. The first-order valence-corrected chi connectivity index (χ1v) is 5.89. The molecule has 2 rings (SSSR count). The summed E-state index contributed by atoms with van der Waals surface area (Å²) in [5.74, 6) is 0.130. The predicted molar refractivity (Wildman–Crippen MR) is 64.7 cm³/mol. The first-order valence-electron chi connectivity index (χ1n) is 4.36. The summed E-state index contributed by atoms with van der Waals surface area (Å²) in [5, 5.41) is 10.0. The summed E-state index contributed by atoms with van der Waals surface area (Å²) in [6.07, 6.45) is 0. The van der Waals surface area contributed by atoms with Crippen LogP contribution >= 0.6 is 34.7 Å². The van der Waals surface area contributed by atoms with Crippen LogP contribution in [0.3, 0.4) is 0 Å². The number of aryl methyl sites for hydroxylation is 1. The highest BCUT2D eigenvalue weighted by molar-refractivity contribution is 7.09. The molecule has 0 bridgehead atoms. The molecular weight excluding hydrogens is 285 g/mol. The molecule has 0 spiro atoms. The topological polar surface area (TPSA) is 80.7 Å². The lowest BCUT2D eigenvalue weighted by Crippen LogP contribution is -2.13. The van der Waals surface area contributed by atoms with Gasteiger partial charge in [-0.15, -0.1) is 10.2 Å². The van der Waals surface area contributed by atoms with Crippen LogP contribution in [0.1, 0.15) is 16.2 Å². The van der Waals surface area contributed by atoms with E-state index in [1.165, 1.54) is 6.07 Å². The Morgan fingerprint density at radius 2 is 2.18 bits per heavy atom. The van der Waals surface area contributed by atoms with E-state index in [0.717, 1.165) is 11.5 Å². The maximum atomic E-state index is 11.8. The fourth-order valence-electron chi connectivity index (χ4n) is 1.02. The number of carbonyl (C=O) groups is 1. The maximum Gasteiger partial charge on any atom is 0.260 e. The van der Waals surface area contributed by atoms with Crippen LogP contribution in [0.15, 0.2) is 6.07 Å². The summed E-state index contributed by atoms with van der Waals surface area (Å²) in [5.41, 5.74) is 0.138. The van der Waals surface area contributed by atoms with Gasteiger partial charge in [0.1, 0.15) is 5.82 Å². The number of hydrogen-bond acceptors (Lipinski definition) is 6. The van der Waals surface area contributed by atoms with Crippen LogP contribution < -0.4 is 5.32 Å². The van der Waals surface area contributed by atoms with Crippen molar-refractivity contribution < 1.29 is 4.79 Å². The molecule has 9 heteroatoms. The zero-order valence-corrected chi connectivity index (χ0v) is 10.8. The molecule has 0 aliphatic heterocycles. The highest BCUT2D eigenvalue weighted by Crippen LogP contribution is 2.18. The Bertz CT molecular complexity index is 573.